The highest BCUT2D eigenvalue weighted by Gasteiger charge is 2.28. The fourth-order valence-corrected chi connectivity index (χ4v) is 4.28. The number of morpholine rings is 1. The van der Waals surface area contributed by atoms with Crippen LogP contribution in [0.4, 0.5) is 20.7 Å². The molecule has 5 rings (SSSR count). The minimum absolute atomic E-state index is 0.0340. The van der Waals surface area contributed by atoms with Gasteiger partial charge in [0.15, 0.2) is 5.82 Å². The van der Waals surface area contributed by atoms with Crippen molar-refractivity contribution < 1.29 is 13.9 Å². The summed E-state index contributed by atoms with van der Waals surface area (Å²) in [5.74, 6) is 1.02. The second-order valence-electron chi connectivity index (χ2n) is 7.99. The first-order valence-electron chi connectivity index (χ1n) is 10.9. The van der Waals surface area contributed by atoms with Gasteiger partial charge in [-0.2, -0.15) is 0 Å². The van der Waals surface area contributed by atoms with Crippen LogP contribution in [-0.4, -0.2) is 53.7 Å². The van der Waals surface area contributed by atoms with Crippen LogP contribution < -0.4 is 10.2 Å². The minimum Gasteiger partial charge on any atom is -0.378 e. The number of hydrogen-bond donors (Lipinski definition) is 1. The molecule has 3 aromatic rings. The summed E-state index contributed by atoms with van der Waals surface area (Å²) in [6.07, 6.45) is 0.618. The summed E-state index contributed by atoms with van der Waals surface area (Å²) in [6.45, 7) is 3.64. The van der Waals surface area contributed by atoms with E-state index in [1.807, 2.05) is 30.3 Å². The number of amides is 2. The number of nitrogens with zero attached hydrogens (tertiary/aromatic N) is 4. The van der Waals surface area contributed by atoms with Crippen LogP contribution in [-0.2, 0) is 17.7 Å². The van der Waals surface area contributed by atoms with Crippen molar-refractivity contribution in [2.75, 3.05) is 43.1 Å². The van der Waals surface area contributed by atoms with Crippen LogP contribution in [0, 0.1) is 5.82 Å². The largest absolute Gasteiger partial charge is 0.378 e. The average molecular weight is 468 g/mol. The molecule has 2 aliphatic rings. The number of urea groups is 1. The number of anilines is 2. The lowest BCUT2D eigenvalue weighted by molar-refractivity contribution is 0.122. The fourth-order valence-electron chi connectivity index (χ4n) is 4.10. The summed E-state index contributed by atoms with van der Waals surface area (Å²) in [5.41, 5.74) is 3.32. The molecule has 1 N–H and O–H groups in total. The highest BCUT2D eigenvalue weighted by Crippen LogP contribution is 2.30. The third-order valence-corrected chi connectivity index (χ3v) is 6.13. The normalized spacial score (nSPS) is 15.8. The zero-order valence-corrected chi connectivity index (χ0v) is 18.7. The van der Waals surface area contributed by atoms with Gasteiger partial charge in [-0.15, -0.1) is 0 Å². The van der Waals surface area contributed by atoms with Crippen molar-refractivity contribution in [3.8, 4) is 11.4 Å². The Morgan fingerprint density at radius 2 is 1.85 bits per heavy atom. The number of halogens is 2. The second-order valence-corrected chi connectivity index (χ2v) is 8.40. The summed E-state index contributed by atoms with van der Waals surface area (Å²) in [6, 6.07) is 13.8. The van der Waals surface area contributed by atoms with E-state index in [1.54, 1.807) is 4.90 Å². The molecule has 3 heterocycles. The third-order valence-electron chi connectivity index (χ3n) is 5.84. The van der Waals surface area contributed by atoms with Crippen molar-refractivity contribution in [1.82, 2.24) is 14.9 Å². The Balaban J connectivity index is 1.44. The van der Waals surface area contributed by atoms with E-state index in [1.165, 1.54) is 18.2 Å². The number of hydrogen-bond acceptors (Lipinski definition) is 5. The van der Waals surface area contributed by atoms with Crippen LogP contribution in [0.1, 0.15) is 11.3 Å². The van der Waals surface area contributed by atoms with Crippen LogP contribution >= 0.6 is 11.6 Å². The van der Waals surface area contributed by atoms with Crippen LogP contribution in [0.15, 0.2) is 48.5 Å². The van der Waals surface area contributed by atoms with E-state index >= 15 is 0 Å². The van der Waals surface area contributed by atoms with Gasteiger partial charge in [0.2, 0.25) is 0 Å². The van der Waals surface area contributed by atoms with E-state index in [9.17, 15) is 9.18 Å². The Hall–Kier alpha value is -3.23. The van der Waals surface area contributed by atoms with Crippen molar-refractivity contribution >= 4 is 29.1 Å². The second kappa shape index (κ2) is 9.33. The van der Waals surface area contributed by atoms with Crippen LogP contribution in [0.3, 0.4) is 0 Å². The molecule has 0 unspecified atom stereocenters. The molecular formula is C24H23ClFN5O2. The van der Waals surface area contributed by atoms with Gasteiger partial charge in [-0.05, 0) is 18.2 Å². The zero-order valence-electron chi connectivity index (χ0n) is 17.9. The molecule has 0 spiro atoms. The molecule has 33 heavy (non-hydrogen) atoms. The number of aromatic nitrogens is 2. The van der Waals surface area contributed by atoms with Gasteiger partial charge in [-0.25, -0.2) is 19.2 Å². The molecule has 0 atom stereocenters. The van der Waals surface area contributed by atoms with Gasteiger partial charge in [0.05, 0.1) is 30.5 Å². The lowest BCUT2D eigenvalue weighted by Gasteiger charge is -2.34. The van der Waals surface area contributed by atoms with Gasteiger partial charge in [0.25, 0.3) is 0 Å². The Morgan fingerprint density at radius 3 is 2.61 bits per heavy atom. The lowest BCUT2D eigenvalue weighted by atomic mass is 10.0. The molecule has 9 heteroatoms. The zero-order chi connectivity index (χ0) is 22.8. The topological polar surface area (TPSA) is 70.6 Å². The molecule has 1 aromatic heterocycles. The SMILES string of the molecule is O=C(Nc1ccc(F)c(Cl)c1)N1CCc2nc(-c3ccccc3)nc(N3CCOCC3)c2C1. The number of ether oxygens (including phenoxy) is 1. The van der Waals surface area contributed by atoms with E-state index < -0.39 is 5.82 Å². The summed E-state index contributed by atoms with van der Waals surface area (Å²) in [5, 5.41) is 2.77. The molecule has 2 aromatic carbocycles. The third kappa shape index (κ3) is 4.62. The molecule has 0 radical (unpaired) electrons. The summed E-state index contributed by atoms with van der Waals surface area (Å²) >= 11 is 5.85. The maximum atomic E-state index is 13.5. The fraction of sp³-hybridized carbons (Fsp3) is 0.292. The maximum absolute atomic E-state index is 13.5. The number of rotatable bonds is 3. The summed E-state index contributed by atoms with van der Waals surface area (Å²) in [7, 11) is 0. The lowest BCUT2D eigenvalue weighted by Crippen LogP contribution is -2.42. The predicted molar refractivity (Wildman–Crippen MR) is 125 cm³/mol. The van der Waals surface area contributed by atoms with E-state index in [2.05, 4.69) is 10.2 Å². The molecule has 1 saturated heterocycles. The Kier molecular flexibility index (Phi) is 6.11. The molecular weight excluding hydrogens is 445 g/mol. The van der Waals surface area contributed by atoms with E-state index in [0.29, 0.717) is 44.2 Å². The van der Waals surface area contributed by atoms with Gasteiger partial charge < -0.3 is 19.9 Å². The van der Waals surface area contributed by atoms with Crippen LogP contribution in [0.5, 0.6) is 0 Å². The maximum Gasteiger partial charge on any atom is 0.322 e. The standard InChI is InChI=1S/C24H23ClFN5O2/c25-19-14-17(6-7-20(19)26)27-24(32)31-9-8-21-18(15-31)23(30-10-12-33-13-11-30)29-22(28-21)16-4-2-1-3-5-16/h1-7,14H,8-13,15H2,(H,27,32). The quantitative estimate of drug-likeness (QED) is 0.619. The number of nitrogens with one attached hydrogen (secondary N) is 1. The highest BCUT2D eigenvalue weighted by molar-refractivity contribution is 6.31. The molecule has 0 aliphatic carbocycles. The van der Waals surface area contributed by atoms with E-state index in [4.69, 9.17) is 26.3 Å². The first kappa shape index (κ1) is 21.6. The number of fused-ring (bicyclic) bond motifs is 1. The van der Waals surface area contributed by atoms with Crippen LogP contribution in [0.25, 0.3) is 11.4 Å². The predicted octanol–water partition coefficient (Wildman–Crippen LogP) is 4.36. The smallest absolute Gasteiger partial charge is 0.322 e. The van der Waals surface area contributed by atoms with Crippen molar-refractivity contribution in [1.29, 1.82) is 0 Å². The first-order valence-corrected chi connectivity index (χ1v) is 11.2. The van der Waals surface area contributed by atoms with E-state index in [0.717, 1.165) is 35.7 Å². The molecule has 0 bridgehead atoms. The van der Waals surface area contributed by atoms with Crippen molar-refractivity contribution in [3.63, 3.8) is 0 Å². The first-order chi connectivity index (χ1) is 16.1. The van der Waals surface area contributed by atoms with E-state index in [-0.39, 0.29) is 11.1 Å². The Labute approximate surface area is 196 Å². The number of carbonyl (C=O) groups excluding carboxylic acids is 1. The Bertz CT molecular complexity index is 1170. The molecule has 7 nitrogen and oxygen atoms in total. The number of benzene rings is 2. The van der Waals surface area contributed by atoms with Crippen LogP contribution in [0.2, 0.25) is 5.02 Å². The van der Waals surface area contributed by atoms with Crippen molar-refractivity contribution in [2.45, 2.75) is 13.0 Å². The molecule has 170 valence electrons. The van der Waals surface area contributed by atoms with Gasteiger partial charge >= 0.3 is 6.03 Å². The molecule has 0 saturated carbocycles. The molecule has 2 aliphatic heterocycles. The number of carbonyl (C=O) groups is 1. The monoisotopic (exact) mass is 467 g/mol. The highest BCUT2D eigenvalue weighted by atomic mass is 35.5. The Morgan fingerprint density at radius 1 is 1.06 bits per heavy atom. The molecule has 1 fully saturated rings. The summed E-state index contributed by atoms with van der Waals surface area (Å²) in [4.78, 5) is 26.6. The van der Waals surface area contributed by atoms with Gasteiger partial charge in [0, 0.05) is 42.9 Å². The van der Waals surface area contributed by atoms with Crippen molar-refractivity contribution in [3.05, 3.63) is 70.6 Å². The van der Waals surface area contributed by atoms with Gasteiger partial charge in [-0.1, -0.05) is 41.9 Å². The van der Waals surface area contributed by atoms with Gasteiger partial charge in [-0.3, -0.25) is 0 Å². The van der Waals surface area contributed by atoms with Gasteiger partial charge in [0.1, 0.15) is 11.6 Å². The van der Waals surface area contributed by atoms with Crippen molar-refractivity contribution in [2.24, 2.45) is 0 Å². The summed E-state index contributed by atoms with van der Waals surface area (Å²) < 4.78 is 19.0. The average Bonchev–Trinajstić information content (AvgIpc) is 2.86. The molecule has 2 amide bonds. The minimum atomic E-state index is -0.525.